The Morgan fingerprint density at radius 2 is 1.76 bits per heavy atom. The van der Waals surface area contributed by atoms with Crippen molar-refractivity contribution in [2.24, 2.45) is 5.92 Å². The zero-order valence-electron chi connectivity index (χ0n) is 22.1. The number of aliphatic hydroxyl groups excluding tert-OH is 1. The lowest BCUT2D eigenvalue weighted by Crippen LogP contribution is -2.29. The van der Waals surface area contributed by atoms with Crippen molar-refractivity contribution >= 4 is 17.4 Å². The van der Waals surface area contributed by atoms with Gasteiger partial charge >= 0.3 is 0 Å². The average Bonchev–Trinajstić information content (AvgIpc) is 3.17. The van der Waals surface area contributed by atoms with E-state index in [2.05, 4.69) is 18.8 Å². The van der Waals surface area contributed by atoms with Crippen LogP contribution in [0.2, 0.25) is 0 Å². The molecule has 0 spiro atoms. The van der Waals surface area contributed by atoms with Crippen LogP contribution in [0.5, 0.6) is 11.5 Å². The highest BCUT2D eigenvalue weighted by molar-refractivity contribution is 6.46. The molecule has 3 aromatic rings. The number of ketones is 1. The Balaban J connectivity index is 1.75. The molecule has 7 heteroatoms. The first-order chi connectivity index (χ1) is 18.4. The maximum absolute atomic E-state index is 13.4. The first kappa shape index (κ1) is 26.9. The number of hydrogen-bond acceptors (Lipinski definition) is 6. The van der Waals surface area contributed by atoms with Crippen LogP contribution < -0.4 is 9.47 Å². The minimum absolute atomic E-state index is 0.0421. The van der Waals surface area contributed by atoms with Crippen LogP contribution in [0.4, 0.5) is 0 Å². The van der Waals surface area contributed by atoms with Gasteiger partial charge in [-0.1, -0.05) is 39.0 Å². The highest BCUT2D eigenvalue weighted by atomic mass is 16.5. The number of Topliss-reactive ketones (excluding diaryl/α,β-unsaturated/α-hetero) is 1. The first-order valence-electron chi connectivity index (χ1n) is 13.0. The van der Waals surface area contributed by atoms with E-state index in [0.29, 0.717) is 41.8 Å². The summed E-state index contributed by atoms with van der Waals surface area (Å²) in [6.45, 7) is 7.60. The Kier molecular flexibility index (Phi) is 8.79. The third-order valence-corrected chi connectivity index (χ3v) is 6.35. The van der Waals surface area contributed by atoms with Crippen LogP contribution in [0.3, 0.4) is 0 Å². The van der Waals surface area contributed by atoms with E-state index in [4.69, 9.17) is 9.47 Å². The van der Waals surface area contributed by atoms with E-state index in [-0.39, 0.29) is 17.9 Å². The van der Waals surface area contributed by atoms with Crippen molar-refractivity contribution in [2.75, 3.05) is 13.2 Å². The number of likely N-dealkylation sites (tertiary alicyclic amines) is 1. The number of carbonyl (C=O) groups is 2. The molecule has 7 nitrogen and oxygen atoms in total. The number of carbonyl (C=O) groups excluding carboxylic acids is 2. The predicted octanol–water partition coefficient (Wildman–Crippen LogP) is 5.92. The summed E-state index contributed by atoms with van der Waals surface area (Å²) in [6, 6.07) is 17.1. The molecule has 1 amide bonds. The van der Waals surface area contributed by atoms with E-state index < -0.39 is 17.7 Å². The van der Waals surface area contributed by atoms with Crippen LogP contribution in [0.15, 0.2) is 78.6 Å². The van der Waals surface area contributed by atoms with Crippen molar-refractivity contribution < 1.29 is 24.2 Å². The largest absolute Gasteiger partial charge is 0.507 e. The molecule has 0 radical (unpaired) electrons. The van der Waals surface area contributed by atoms with Gasteiger partial charge in [0, 0.05) is 24.5 Å². The average molecular weight is 515 g/mol. The fourth-order valence-corrected chi connectivity index (χ4v) is 4.35. The lowest BCUT2D eigenvalue weighted by atomic mass is 9.95. The van der Waals surface area contributed by atoms with Crippen LogP contribution in [-0.4, -0.2) is 39.9 Å². The fourth-order valence-electron chi connectivity index (χ4n) is 4.35. The van der Waals surface area contributed by atoms with Gasteiger partial charge in [-0.05, 0) is 72.4 Å². The SMILES string of the molecule is CCCOc1ccc(C(O)=C2C(=O)C(=O)N(Cc3cccnc3)C2c2cccc(OCCC(C)C)c2)cc1. The molecule has 198 valence electrons. The predicted molar refractivity (Wildman–Crippen MR) is 146 cm³/mol. The Morgan fingerprint density at radius 1 is 1.00 bits per heavy atom. The van der Waals surface area contributed by atoms with Crippen molar-refractivity contribution in [2.45, 2.75) is 46.2 Å². The molecule has 2 heterocycles. The third-order valence-electron chi connectivity index (χ3n) is 6.35. The minimum Gasteiger partial charge on any atom is -0.507 e. The standard InChI is InChI=1S/C31H34N2O5/c1-4-16-37-25-12-10-23(11-13-25)29(34)27-28(24-8-5-9-26(18-24)38-17-14-21(2)3)33(31(36)30(27)35)20-22-7-6-15-32-19-22/h5-13,15,18-19,21,28,34H,4,14,16-17,20H2,1-3H3. The number of aliphatic hydroxyl groups is 1. The maximum Gasteiger partial charge on any atom is 0.295 e. The molecular weight excluding hydrogens is 480 g/mol. The van der Waals surface area contributed by atoms with Gasteiger partial charge in [0.15, 0.2) is 0 Å². The van der Waals surface area contributed by atoms with Crippen LogP contribution in [0.1, 0.15) is 56.3 Å². The number of amides is 1. The zero-order valence-corrected chi connectivity index (χ0v) is 22.1. The van der Waals surface area contributed by atoms with E-state index >= 15 is 0 Å². The molecule has 4 rings (SSSR count). The van der Waals surface area contributed by atoms with Gasteiger partial charge < -0.3 is 19.5 Å². The number of pyridine rings is 1. The van der Waals surface area contributed by atoms with Crippen molar-refractivity contribution in [1.82, 2.24) is 9.88 Å². The van der Waals surface area contributed by atoms with Crippen molar-refractivity contribution in [3.8, 4) is 11.5 Å². The molecule has 1 saturated heterocycles. The molecule has 1 aliphatic heterocycles. The Morgan fingerprint density at radius 3 is 2.45 bits per heavy atom. The van der Waals surface area contributed by atoms with Crippen LogP contribution in [0.25, 0.3) is 5.76 Å². The number of ether oxygens (including phenoxy) is 2. The van der Waals surface area contributed by atoms with Gasteiger partial charge in [0.2, 0.25) is 0 Å². The summed E-state index contributed by atoms with van der Waals surface area (Å²) < 4.78 is 11.6. The summed E-state index contributed by atoms with van der Waals surface area (Å²) in [4.78, 5) is 32.3. The molecule has 1 atom stereocenters. The van der Waals surface area contributed by atoms with Gasteiger partial charge in [-0.3, -0.25) is 14.6 Å². The second-order valence-electron chi connectivity index (χ2n) is 9.76. The van der Waals surface area contributed by atoms with Gasteiger partial charge in [0.25, 0.3) is 11.7 Å². The smallest absolute Gasteiger partial charge is 0.295 e. The van der Waals surface area contributed by atoms with Crippen LogP contribution in [0, 0.1) is 5.92 Å². The Bertz CT molecular complexity index is 1290. The lowest BCUT2D eigenvalue weighted by Gasteiger charge is -2.25. The van der Waals surface area contributed by atoms with Gasteiger partial charge in [-0.25, -0.2) is 0 Å². The second kappa shape index (κ2) is 12.4. The van der Waals surface area contributed by atoms with E-state index in [1.807, 2.05) is 37.3 Å². The van der Waals surface area contributed by atoms with Crippen LogP contribution >= 0.6 is 0 Å². The normalized spacial score (nSPS) is 16.7. The molecule has 0 saturated carbocycles. The molecule has 1 aromatic heterocycles. The summed E-state index contributed by atoms with van der Waals surface area (Å²) in [5, 5.41) is 11.4. The number of rotatable bonds is 11. The quantitative estimate of drug-likeness (QED) is 0.194. The summed E-state index contributed by atoms with van der Waals surface area (Å²) in [5.41, 5.74) is 1.93. The van der Waals surface area contributed by atoms with Crippen molar-refractivity contribution in [3.63, 3.8) is 0 Å². The van der Waals surface area contributed by atoms with Gasteiger partial charge in [0.1, 0.15) is 17.3 Å². The molecule has 2 aromatic carbocycles. The molecule has 1 unspecified atom stereocenters. The third kappa shape index (κ3) is 6.22. The zero-order chi connectivity index (χ0) is 27.1. The minimum atomic E-state index is -0.792. The molecule has 1 aliphatic rings. The monoisotopic (exact) mass is 514 g/mol. The summed E-state index contributed by atoms with van der Waals surface area (Å²) >= 11 is 0. The van der Waals surface area contributed by atoms with E-state index in [1.54, 1.807) is 42.7 Å². The van der Waals surface area contributed by atoms with Gasteiger partial charge in [-0.2, -0.15) is 0 Å². The van der Waals surface area contributed by atoms with Gasteiger partial charge in [-0.15, -0.1) is 0 Å². The fraction of sp³-hybridized carbons (Fsp3) is 0.323. The van der Waals surface area contributed by atoms with Crippen molar-refractivity contribution in [1.29, 1.82) is 0 Å². The molecule has 1 fully saturated rings. The van der Waals surface area contributed by atoms with E-state index in [9.17, 15) is 14.7 Å². The molecule has 1 N–H and O–H groups in total. The summed E-state index contributed by atoms with van der Waals surface area (Å²) in [5.74, 6) is 0.192. The first-order valence-corrected chi connectivity index (χ1v) is 13.0. The molecular formula is C31H34N2O5. The van der Waals surface area contributed by atoms with Crippen LogP contribution in [-0.2, 0) is 16.1 Å². The lowest BCUT2D eigenvalue weighted by molar-refractivity contribution is -0.140. The van der Waals surface area contributed by atoms with E-state index in [0.717, 1.165) is 18.4 Å². The molecule has 0 bridgehead atoms. The Labute approximate surface area is 223 Å². The summed E-state index contributed by atoms with van der Waals surface area (Å²) in [6.07, 6.45) is 5.10. The number of benzene rings is 2. The van der Waals surface area contributed by atoms with Crippen molar-refractivity contribution in [3.05, 3.63) is 95.3 Å². The topological polar surface area (TPSA) is 89.0 Å². The van der Waals surface area contributed by atoms with E-state index in [1.165, 1.54) is 4.90 Å². The molecule has 38 heavy (non-hydrogen) atoms. The molecule has 0 aliphatic carbocycles. The number of hydrogen-bond donors (Lipinski definition) is 1. The highest BCUT2D eigenvalue weighted by Gasteiger charge is 2.46. The highest BCUT2D eigenvalue weighted by Crippen LogP contribution is 2.41. The second-order valence-corrected chi connectivity index (χ2v) is 9.76. The maximum atomic E-state index is 13.4. The number of nitrogens with zero attached hydrogens (tertiary/aromatic N) is 2. The summed E-state index contributed by atoms with van der Waals surface area (Å²) in [7, 11) is 0. The Hall–Kier alpha value is -4.13. The van der Waals surface area contributed by atoms with Gasteiger partial charge in [0.05, 0.1) is 24.8 Å². The number of aromatic nitrogens is 1.